The number of hydrogen-bond acceptors (Lipinski definition) is 2. The minimum atomic E-state index is -4.60. The molecule has 0 amide bonds. The Morgan fingerprint density at radius 2 is 1.81 bits per heavy atom. The van der Waals surface area contributed by atoms with E-state index in [1.165, 1.54) is 0 Å². The summed E-state index contributed by atoms with van der Waals surface area (Å²) in [5, 5.41) is 5.93. The van der Waals surface area contributed by atoms with Gasteiger partial charge in [0.25, 0.3) is 0 Å². The number of nitrogens with one attached hydrogen (secondary N) is 2. The number of aliphatic imine (C=N–C) groups is 1. The summed E-state index contributed by atoms with van der Waals surface area (Å²) in [4.78, 5) is 6.34. The van der Waals surface area contributed by atoms with Crippen LogP contribution in [0.15, 0.2) is 23.2 Å². The predicted molar refractivity (Wildman–Crippen MR) is 96.6 cm³/mol. The molecule has 148 valence electrons. The number of halogens is 4. The van der Waals surface area contributed by atoms with Crippen LogP contribution in [-0.2, 0) is 12.7 Å². The first-order chi connectivity index (χ1) is 12.3. The van der Waals surface area contributed by atoms with Crippen molar-refractivity contribution in [2.24, 2.45) is 4.99 Å². The standard InChI is InChI=1S/C18H28F4N4/c1-4-26(5-2)11-7-6-10-24-17(23-3)25-13-14-8-9-15(19)12-16(14)18(20,21)22/h8-9,12H,4-7,10-11,13H2,1-3H3,(H2,23,24,25). The lowest BCUT2D eigenvalue weighted by atomic mass is 10.1. The van der Waals surface area contributed by atoms with Gasteiger partial charge in [-0.15, -0.1) is 0 Å². The Hall–Kier alpha value is -1.83. The molecule has 1 rings (SSSR count). The van der Waals surface area contributed by atoms with Crippen LogP contribution in [0.2, 0.25) is 0 Å². The third-order valence-electron chi connectivity index (χ3n) is 4.14. The van der Waals surface area contributed by atoms with Gasteiger partial charge < -0.3 is 15.5 Å². The van der Waals surface area contributed by atoms with E-state index in [9.17, 15) is 17.6 Å². The Labute approximate surface area is 152 Å². The first-order valence-corrected chi connectivity index (χ1v) is 8.84. The molecule has 0 aliphatic carbocycles. The highest BCUT2D eigenvalue weighted by Crippen LogP contribution is 2.32. The van der Waals surface area contributed by atoms with E-state index in [0.29, 0.717) is 18.6 Å². The summed E-state index contributed by atoms with van der Waals surface area (Å²) in [7, 11) is 1.56. The molecule has 0 aromatic heterocycles. The number of rotatable bonds is 9. The molecular weight excluding hydrogens is 348 g/mol. The van der Waals surface area contributed by atoms with Crippen molar-refractivity contribution in [2.45, 2.75) is 39.4 Å². The Kier molecular flexibility index (Phi) is 9.40. The lowest BCUT2D eigenvalue weighted by Crippen LogP contribution is -2.38. The Morgan fingerprint density at radius 3 is 2.38 bits per heavy atom. The van der Waals surface area contributed by atoms with Gasteiger partial charge in [-0.25, -0.2) is 4.39 Å². The third kappa shape index (κ3) is 7.59. The lowest BCUT2D eigenvalue weighted by molar-refractivity contribution is -0.138. The highest BCUT2D eigenvalue weighted by molar-refractivity contribution is 5.79. The normalized spacial score (nSPS) is 12.5. The Bertz CT molecular complexity index is 569. The molecular formula is C18H28F4N4. The molecule has 0 aliphatic heterocycles. The Morgan fingerprint density at radius 1 is 1.12 bits per heavy atom. The number of hydrogen-bond donors (Lipinski definition) is 2. The zero-order chi connectivity index (χ0) is 19.6. The minimum absolute atomic E-state index is 0.0246. The highest BCUT2D eigenvalue weighted by atomic mass is 19.4. The second-order valence-electron chi connectivity index (χ2n) is 5.89. The van der Waals surface area contributed by atoms with Crippen LogP contribution < -0.4 is 10.6 Å². The van der Waals surface area contributed by atoms with Gasteiger partial charge in [0.2, 0.25) is 0 Å². The number of unbranched alkanes of at least 4 members (excludes halogenated alkanes) is 1. The molecule has 1 aromatic carbocycles. The van der Waals surface area contributed by atoms with E-state index in [1.807, 2.05) is 0 Å². The van der Waals surface area contributed by atoms with Crippen molar-refractivity contribution in [3.05, 3.63) is 35.1 Å². The molecule has 0 atom stereocenters. The van der Waals surface area contributed by atoms with Crippen LogP contribution in [0, 0.1) is 5.82 Å². The lowest BCUT2D eigenvalue weighted by Gasteiger charge is -2.18. The summed E-state index contributed by atoms with van der Waals surface area (Å²) in [6, 6.07) is 2.68. The zero-order valence-electron chi connectivity index (χ0n) is 15.6. The van der Waals surface area contributed by atoms with Crippen LogP contribution in [0.25, 0.3) is 0 Å². The molecule has 0 aliphatic rings. The van der Waals surface area contributed by atoms with E-state index in [-0.39, 0.29) is 12.1 Å². The van der Waals surface area contributed by atoms with Gasteiger partial charge in [0.1, 0.15) is 5.82 Å². The Balaban J connectivity index is 2.48. The van der Waals surface area contributed by atoms with Gasteiger partial charge in [-0.3, -0.25) is 4.99 Å². The second-order valence-corrected chi connectivity index (χ2v) is 5.89. The van der Waals surface area contributed by atoms with Gasteiger partial charge in [-0.05, 0) is 50.2 Å². The maximum absolute atomic E-state index is 13.1. The molecule has 4 nitrogen and oxygen atoms in total. The van der Waals surface area contributed by atoms with Gasteiger partial charge >= 0.3 is 6.18 Å². The topological polar surface area (TPSA) is 39.7 Å². The number of nitrogens with zero attached hydrogens (tertiary/aromatic N) is 2. The molecule has 0 saturated heterocycles. The van der Waals surface area contributed by atoms with Crippen LogP contribution >= 0.6 is 0 Å². The first-order valence-electron chi connectivity index (χ1n) is 8.84. The van der Waals surface area contributed by atoms with Crippen molar-refractivity contribution in [2.75, 3.05) is 33.2 Å². The summed E-state index contributed by atoms with van der Waals surface area (Å²) < 4.78 is 52.1. The van der Waals surface area contributed by atoms with Crippen molar-refractivity contribution in [3.63, 3.8) is 0 Å². The largest absolute Gasteiger partial charge is 0.416 e. The summed E-state index contributed by atoms with van der Waals surface area (Å²) in [5.41, 5.74) is -0.997. The number of benzene rings is 1. The maximum atomic E-state index is 13.1. The summed E-state index contributed by atoms with van der Waals surface area (Å²) in [6.07, 6.45) is -2.64. The minimum Gasteiger partial charge on any atom is -0.356 e. The monoisotopic (exact) mass is 376 g/mol. The zero-order valence-corrected chi connectivity index (χ0v) is 15.6. The van der Waals surface area contributed by atoms with E-state index >= 15 is 0 Å². The fourth-order valence-corrected chi connectivity index (χ4v) is 2.57. The average Bonchev–Trinajstić information content (AvgIpc) is 2.60. The summed E-state index contributed by atoms with van der Waals surface area (Å²) >= 11 is 0. The highest BCUT2D eigenvalue weighted by Gasteiger charge is 2.33. The fourth-order valence-electron chi connectivity index (χ4n) is 2.57. The van der Waals surface area contributed by atoms with E-state index in [0.717, 1.165) is 44.6 Å². The first kappa shape index (κ1) is 22.2. The summed E-state index contributed by atoms with van der Waals surface area (Å²) in [6.45, 7) is 7.89. The number of alkyl halides is 3. The smallest absolute Gasteiger partial charge is 0.356 e. The van der Waals surface area contributed by atoms with Crippen LogP contribution in [0.1, 0.15) is 37.8 Å². The predicted octanol–water partition coefficient (Wildman–Crippen LogP) is 3.63. The van der Waals surface area contributed by atoms with Crippen molar-refractivity contribution < 1.29 is 17.6 Å². The molecule has 2 N–H and O–H groups in total. The SMILES string of the molecule is CCN(CC)CCCCNC(=NC)NCc1ccc(F)cc1C(F)(F)F. The van der Waals surface area contributed by atoms with Crippen LogP contribution in [0.3, 0.4) is 0 Å². The number of guanidine groups is 1. The van der Waals surface area contributed by atoms with Gasteiger partial charge in [0, 0.05) is 20.1 Å². The van der Waals surface area contributed by atoms with Crippen molar-refractivity contribution in [3.8, 4) is 0 Å². The molecule has 0 heterocycles. The van der Waals surface area contributed by atoms with Crippen molar-refractivity contribution in [1.82, 2.24) is 15.5 Å². The fraction of sp³-hybridized carbons (Fsp3) is 0.611. The van der Waals surface area contributed by atoms with Gasteiger partial charge in [0.15, 0.2) is 5.96 Å². The molecule has 0 saturated carbocycles. The van der Waals surface area contributed by atoms with Crippen LogP contribution in [0.5, 0.6) is 0 Å². The molecule has 26 heavy (non-hydrogen) atoms. The van der Waals surface area contributed by atoms with Crippen LogP contribution in [0.4, 0.5) is 17.6 Å². The molecule has 0 fully saturated rings. The molecule has 0 bridgehead atoms. The van der Waals surface area contributed by atoms with E-state index in [1.54, 1.807) is 7.05 Å². The third-order valence-corrected chi connectivity index (χ3v) is 4.14. The molecule has 0 spiro atoms. The van der Waals surface area contributed by atoms with Crippen molar-refractivity contribution in [1.29, 1.82) is 0 Å². The van der Waals surface area contributed by atoms with Gasteiger partial charge in [0.05, 0.1) is 5.56 Å². The molecule has 0 unspecified atom stereocenters. The van der Waals surface area contributed by atoms with Crippen molar-refractivity contribution >= 4 is 5.96 Å². The van der Waals surface area contributed by atoms with E-state index in [2.05, 4.69) is 34.4 Å². The second kappa shape index (κ2) is 11.0. The van der Waals surface area contributed by atoms with Gasteiger partial charge in [-0.1, -0.05) is 19.9 Å². The molecule has 1 aromatic rings. The quantitative estimate of drug-likeness (QED) is 0.299. The van der Waals surface area contributed by atoms with E-state index in [4.69, 9.17) is 0 Å². The van der Waals surface area contributed by atoms with E-state index < -0.39 is 17.6 Å². The average molecular weight is 376 g/mol. The van der Waals surface area contributed by atoms with Crippen LogP contribution in [-0.4, -0.2) is 44.1 Å². The maximum Gasteiger partial charge on any atom is 0.416 e. The van der Waals surface area contributed by atoms with Gasteiger partial charge in [-0.2, -0.15) is 13.2 Å². The molecule has 0 radical (unpaired) electrons. The molecule has 8 heteroatoms. The summed E-state index contributed by atoms with van der Waals surface area (Å²) in [5.74, 6) is -0.484.